The minimum Gasteiger partial charge on any atom is -0.434 e. The fourth-order valence-electron chi connectivity index (χ4n) is 2.64. The summed E-state index contributed by atoms with van der Waals surface area (Å²) in [6.07, 6.45) is 0.795. The van der Waals surface area contributed by atoms with Gasteiger partial charge in [0.2, 0.25) is 0 Å². The maximum atomic E-state index is 11.8. The van der Waals surface area contributed by atoms with Gasteiger partial charge in [0.1, 0.15) is 5.69 Å². The van der Waals surface area contributed by atoms with E-state index in [1.807, 2.05) is 73.1 Å². The minimum atomic E-state index is -0.813. The summed E-state index contributed by atoms with van der Waals surface area (Å²) >= 11 is 0. The Morgan fingerprint density at radius 3 is 2.59 bits per heavy atom. The van der Waals surface area contributed by atoms with E-state index in [0.717, 1.165) is 22.0 Å². The van der Waals surface area contributed by atoms with E-state index in [1.165, 1.54) is 0 Å². The number of nitrogens with zero attached hydrogens (tertiary/aromatic N) is 3. The van der Waals surface area contributed by atoms with Crippen LogP contribution in [0.2, 0.25) is 0 Å². The lowest BCUT2D eigenvalue weighted by Crippen LogP contribution is -2.17. The Morgan fingerprint density at radius 1 is 1.15 bits per heavy atom. The third-order valence-electron chi connectivity index (χ3n) is 4.05. The largest absolute Gasteiger partial charge is 0.515 e. The van der Waals surface area contributed by atoms with E-state index in [1.54, 1.807) is 13.1 Å². The second kappa shape index (κ2) is 8.31. The highest BCUT2D eigenvalue weighted by molar-refractivity contribution is 6.02. The summed E-state index contributed by atoms with van der Waals surface area (Å²) in [5.74, 6) is 0.0792. The molecule has 0 spiro atoms. The molecule has 0 saturated heterocycles. The Morgan fingerprint density at radius 2 is 1.89 bits per heavy atom. The minimum absolute atomic E-state index is 0.0792. The second-order valence-corrected chi connectivity index (χ2v) is 5.99. The number of hydrogen-bond acceptors (Lipinski definition) is 5. The van der Waals surface area contributed by atoms with Crippen LogP contribution < -0.4 is 0 Å². The van der Waals surface area contributed by atoms with Crippen molar-refractivity contribution >= 4 is 29.2 Å². The maximum Gasteiger partial charge on any atom is 0.515 e. The lowest BCUT2D eigenvalue weighted by molar-refractivity contribution is 0.100. The Bertz CT molecular complexity index is 1000. The van der Waals surface area contributed by atoms with Gasteiger partial charge in [0.05, 0.1) is 12.8 Å². The van der Waals surface area contributed by atoms with E-state index in [9.17, 15) is 4.79 Å². The predicted octanol–water partition coefficient (Wildman–Crippen LogP) is 4.44. The standard InChI is InChI=1S/C21H21N3O3/c1-4-26-21(25)27-20(23-22-14-16-11-9-15(2)10-12-16)19-13-17-7-5-6-8-18(17)24(19)3/h5-14H,4H2,1-3H3/b22-14-,23-20+. The van der Waals surface area contributed by atoms with Crippen molar-refractivity contribution in [2.45, 2.75) is 13.8 Å². The molecule has 27 heavy (non-hydrogen) atoms. The number of hydrogen-bond donors (Lipinski definition) is 0. The average molecular weight is 363 g/mol. The Balaban J connectivity index is 1.95. The monoisotopic (exact) mass is 363 g/mol. The van der Waals surface area contributed by atoms with Crippen LogP contribution in [0, 0.1) is 6.92 Å². The quantitative estimate of drug-likeness (QED) is 0.298. The van der Waals surface area contributed by atoms with Crippen LogP contribution in [0.15, 0.2) is 64.8 Å². The van der Waals surface area contributed by atoms with E-state index < -0.39 is 6.16 Å². The number of aryl methyl sites for hydroxylation is 2. The molecule has 1 heterocycles. The van der Waals surface area contributed by atoms with Crippen molar-refractivity contribution < 1.29 is 14.3 Å². The molecule has 6 heteroatoms. The Kier molecular flexibility index (Phi) is 5.66. The van der Waals surface area contributed by atoms with E-state index in [0.29, 0.717) is 5.69 Å². The summed E-state index contributed by atoms with van der Waals surface area (Å²) in [5, 5.41) is 9.23. The first-order valence-electron chi connectivity index (χ1n) is 8.65. The van der Waals surface area contributed by atoms with Gasteiger partial charge in [0, 0.05) is 18.0 Å². The van der Waals surface area contributed by atoms with Crippen LogP contribution in [0.4, 0.5) is 4.79 Å². The molecular weight excluding hydrogens is 342 g/mol. The van der Waals surface area contributed by atoms with Crippen LogP contribution in [0.5, 0.6) is 0 Å². The number of fused-ring (bicyclic) bond motifs is 1. The molecular formula is C21H21N3O3. The predicted molar refractivity (Wildman–Crippen MR) is 106 cm³/mol. The molecule has 2 aromatic carbocycles. The van der Waals surface area contributed by atoms with Gasteiger partial charge >= 0.3 is 6.16 Å². The van der Waals surface area contributed by atoms with Crippen LogP contribution in [-0.4, -0.2) is 29.4 Å². The summed E-state index contributed by atoms with van der Waals surface area (Å²) in [5.41, 5.74) is 3.69. The fraction of sp³-hybridized carbons (Fsp3) is 0.190. The van der Waals surface area contributed by atoms with Gasteiger partial charge < -0.3 is 14.0 Å². The summed E-state index contributed by atoms with van der Waals surface area (Å²) in [6, 6.07) is 17.6. The molecule has 138 valence electrons. The van der Waals surface area contributed by atoms with Gasteiger partial charge in [0.15, 0.2) is 0 Å². The van der Waals surface area contributed by atoms with Crippen LogP contribution in [0.1, 0.15) is 23.7 Å². The number of carbonyl (C=O) groups excluding carboxylic acids is 1. The van der Waals surface area contributed by atoms with E-state index in [4.69, 9.17) is 9.47 Å². The Labute approximate surface area is 157 Å². The molecule has 0 atom stereocenters. The van der Waals surface area contributed by atoms with Crippen molar-refractivity contribution in [2.75, 3.05) is 6.61 Å². The first-order valence-corrected chi connectivity index (χ1v) is 8.65. The molecule has 1 aromatic heterocycles. The van der Waals surface area contributed by atoms with Gasteiger partial charge in [-0.2, -0.15) is 5.10 Å². The molecule has 0 fully saturated rings. The van der Waals surface area contributed by atoms with Crippen molar-refractivity contribution in [2.24, 2.45) is 17.3 Å². The summed E-state index contributed by atoms with van der Waals surface area (Å²) in [6.45, 7) is 3.95. The average Bonchev–Trinajstić information content (AvgIpc) is 3.00. The van der Waals surface area contributed by atoms with Crippen molar-refractivity contribution in [3.63, 3.8) is 0 Å². The zero-order valence-corrected chi connectivity index (χ0v) is 15.5. The van der Waals surface area contributed by atoms with Gasteiger partial charge in [0.25, 0.3) is 5.90 Å². The number of aromatic nitrogens is 1. The number of rotatable bonds is 4. The SMILES string of the molecule is CCOC(=O)O/C(=N/N=C\c1ccc(C)cc1)c1cc2ccccc2n1C. The third-order valence-corrected chi connectivity index (χ3v) is 4.05. The first-order chi connectivity index (χ1) is 13.1. The molecule has 0 amide bonds. The van der Waals surface area contributed by atoms with E-state index in [2.05, 4.69) is 10.2 Å². The molecule has 0 aliphatic carbocycles. The van der Waals surface area contributed by atoms with Gasteiger partial charge in [-0.1, -0.05) is 48.0 Å². The van der Waals surface area contributed by atoms with Crippen molar-refractivity contribution in [1.29, 1.82) is 0 Å². The second-order valence-electron chi connectivity index (χ2n) is 5.99. The third kappa shape index (κ3) is 4.41. The summed E-state index contributed by atoms with van der Waals surface area (Å²) in [7, 11) is 1.88. The van der Waals surface area contributed by atoms with Gasteiger partial charge in [-0.3, -0.25) is 0 Å². The smallest absolute Gasteiger partial charge is 0.434 e. The van der Waals surface area contributed by atoms with Gasteiger partial charge in [-0.05, 0) is 31.5 Å². The number of para-hydroxylation sites is 1. The molecule has 0 N–H and O–H groups in total. The number of benzene rings is 2. The zero-order chi connectivity index (χ0) is 19.2. The molecule has 0 unspecified atom stereocenters. The molecule has 0 bridgehead atoms. The van der Waals surface area contributed by atoms with Crippen molar-refractivity contribution in [1.82, 2.24) is 4.57 Å². The van der Waals surface area contributed by atoms with Crippen molar-refractivity contribution in [3.05, 3.63) is 71.4 Å². The topological polar surface area (TPSA) is 65.2 Å². The molecule has 3 aromatic rings. The lowest BCUT2D eigenvalue weighted by atomic mass is 10.2. The van der Waals surface area contributed by atoms with E-state index in [-0.39, 0.29) is 12.5 Å². The summed E-state index contributed by atoms with van der Waals surface area (Å²) in [4.78, 5) is 11.8. The highest BCUT2D eigenvalue weighted by Crippen LogP contribution is 2.19. The molecule has 6 nitrogen and oxygen atoms in total. The van der Waals surface area contributed by atoms with Crippen LogP contribution in [-0.2, 0) is 16.5 Å². The molecule has 3 rings (SSSR count). The van der Waals surface area contributed by atoms with Crippen LogP contribution in [0.25, 0.3) is 10.9 Å². The number of ether oxygens (including phenoxy) is 2. The highest BCUT2D eigenvalue weighted by atomic mass is 16.7. The zero-order valence-electron chi connectivity index (χ0n) is 15.5. The molecule has 0 radical (unpaired) electrons. The first kappa shape index (κ1) is 18.4. The number of carbonyl (C=O) groups is 1. The normalized spacial score (nSPS) is 11.9. The maximum absolute atomic E-state index is 11.8. The van der Waals surface area contributed by atoms with Crippen LogP contribution in [0.3, 0.4) is 0 Å². The van der Waals surface area contributed by atoms with Crippen molar-refractivity contribution in [3.8, 4) is 0 Å². The summed E-state index contributed by atoms with van der Waals surface area (Å²) < 4.78 is 12.1. The molecule has 0 aliphatic rings. The van der Waals surface area contributed by atoms with Crippen LogP contribution >= 0.6 is 0 Å². The fourth-order valence-corrected chi connectivity index (χ4v) is 2.64. The van der Waals surface area contributed by atoms with Gasteiger partial charge in [-0.25, -0.2) is 4.79 Å². The molecule has 0 saturated carbocycles. The van der Waals surface area contributed by atoms with E-state index >= 15 is 0 Å². The highest BCUT2D eigenvalue weighted by Gasteiger charge is 2.17. The Hall–Kier alpha value is -3.41. The molecule has 0 aliphatic heterocycles. The lowest BCUT2D eigenvalue weighted by Gasteiger charge is -2.07. The van der Waals surface area contributed by atoms with Gasteiger partial charge in [-0.15, -0.1) is 5.10 Å².